The second-order valence-corrected chi connectivity index (χ2v) is 9.41. The van der Waals surface area contributed by atoms with Crippen molar-refractivity contribution in [2.24, 2.45) is 0 Å². The number of rotatable bonds is 17. The Balaban J connectivity index is 2.11. The lowest BCUT2D eigenvalue weighted by Crippen LogP contribution is -2.34. The first-order valence-electron chi connectivity index (χ1n) is 13.0. The highest BCUT2D eigenvalue weighted by Crippen LogP contribution is 2.30. The molecule has 2 rings (SSSR count). The van der Waals surface area contributed by atoms with Crippen molar-refractivity contribution in [1.29, 1.82) is 0 Å². The van der Waals surface area contributed by atoms with Gasteiger partial charge in [-0.25, -0.2) is 4.79 Å². The zero-order chi connectivity index (χ0) is 28.1. The molecule has 38 heavy (non-hydrogen) atoms. The minimum Gasteiger partial charge on any atom is -0.463 e. The van der Waals surface area contributed by atoms with E-state index in [1.54, 1.807) is 0 Å². The summed E-state index contributed by atoms with van der Waals surface area (Å²) in [5, 5.41) is 0. The summed E-state index contributed by atoms with van der Waals surface area (Å²) in [7, 11) is 0. The molecule has 0 amide bonds. The molecule has 1 aliphatic rings. The lowest BCUT2D eigenvalue weighted by molar-refractivity contribution is -0.159. The second-order valence-electron chi connectivity index (χ2n) is 9.41. The maximum atomic E-state index is 12.6. The molecule has 12 nitrogen and oxygen atoms in total. The normalized spacial score (nSPS) is 18.8. The summed E-state index contributed by atoms with van der Waals surface area (Å²) in [4.78, 5) is 73.7. The summed E-state index contributed by atoms with van der Waals surface area (Å²) >= 11 is 0. The van der Waals surface area contributed by atoms with Gasteiger partial charge in [0.1, 0.15) is 36.6 Å². The van der Waals surface area contributed by atoms with Crippen molar-refractivity contribution in [3.05, 3.63) is 32.6 Å². The fraction of sp³-hybridized carbons (Fsp3) is 0.692. The van der Waals surface area contributed by atoms with Gasteiger partial charge >= 0.3 is 17.6 Å². The highest BCUT2D eigenvalue weighted by molar-refractivity contribution is 5.81. The van der Waals surface area contributed by atoms with Crippen LogP contribution in [0, 0.1) is 0 Å². The standard InChI is InChI=1S/C26H38N2O10/c1-4-5-6-7-12-35-15-19-14-28(26(34)27-25(19)33)22-13-20(38-24(32)11-9-18(3)30)21(37-22)16-36-23(31)10-8-17(2)29/h14,20-22H,4-13,15-16H2,1-3H3,(H,27,33,34). The number of esters is 2. The van der Waals surface area contributed by atoms with Gasteiger partial charge < -0.3 is 28.5 Å². The number of ketones is 2. The number of ether oxygens (including phenoxy) is 4. The van der Waals surface area contributed by atoms with Gasteiger partial charge in [-0.1, -0.05) is 26.2 Å². The lowest BCUT2D eigenvalue weighted by atomic mass is 10.1. The topological polar surface area (TPSA) is 160 Å². The first-order chi connectivity index (χ1) is 18.1. The number of unbranched alkanes of at least 4 members (excludes halogenated alkanes) is 3. The number of H-pyrrole nitrogens is 1. The molecule has 3 unspecified atom stereocenters. The minimum atomic E-state index is -0.922. The first kappa shape index (κ1) is 31.1. The molecule has 3 atom stereocenters. The van der Waals surface area contributed by atoms with Crippen molar-refractivity contribution in [3.8, 4) is 0 Å². The number of carbonyl (C=O) groups is 4. The van der Waals surface area contributed by atoms with Crippen molar-refractivity contribution >= 4 is 23.5 Å². The van der Waals surface area contributed by atoms with Crippen LogP contribution in [0.25, 0.3) is 0 Å². The molecule has 1 N–H and O–H groups in total. The van der Waals surface area contributed by atoms with E-state index < -0.39 is 41.6 Å². The Labute approximate surface area is 221 Å². The van der Waals surface area contributed by atoms with Gasteiger partial charge in [0, 0.05) is 32.1 Å². The molecule has 0 bridgehead atoms. The zero-order valence-electron chi connectivity index (χ0n) is 22.3. The van der Waals surface area contributed by atoms with E-state index in [9.17, 15) is 28.8 Å². The number of carbonyl (C=O) groups excluding carboxylic acids is 4. The summed E-state index contributed by atoms with van der Waals surface area (Å²) in [6.07, 6.45) is 2.60. The average Bonchev–Trinajstić information content (AvgIpc) is 3.25. The van der Waals surface area contributed by atoms with E-state index in [0.29, 0.717) is 6.61 Å². The van der Waals surface area contributed by atoms with Crippen molar-refractivity contribution in [2.45, 2.75) is 104 Å². The highest BCUT2D eigenvalue weighted by Gasteiger charge is 2.40. The monoisotopic (exact) mass is 538 g/mol. The van der Waals surface area contributed by atoms with Crippen molar-refractivity contribution in [2.75, 3.05) is 13.2 Å². The molecule has 1 aliphatic heterocycles. The van der Waals surface area contributed by atoms with E-state index in [1.165, 1.54) is 24.6 Å². The molecular weight excluding hydrogens is 500 g/mol. The van der Waals surface area contributed by atoms with Crippen LogP contribution in [0.5, 0.6) is 0 Å². The van der Waals surface area contributed by atoms with E-state index in [0.717, 1.165) is 25.7 Å². The first-order valence-corrected chi connectivity index (χ1v) is 13.0. The van der Waals surface area contributed by atoms with Gasteiger partial charge in [0.25, 0.3) is 5.56 Å². The van der Waals surface area contributed by atoms with Crippen LogP contribution in [-0.4, -0.2) is 58.5 Å². The van der Waals surface area contributed by atoms with Crippen molar-refractivity contribution in [3.63, 3.8) is 0 Å². The predicted octanol–water partition coefficient (Wildman–Crippen LogP) is 2.11. The zero-order valence-corrected chi connectivity index (χ0v) is 22.3. The van der Waals surface area contributed by atoms with Crippen molar-refractivity contribution < 1.29 is 38.1 Å². The summed E-state index contributed by atoms with van der Waals surface area (Å²) in [5.41, 5.74) is -1.05. The molecule has 12 heteroatoms. The van der Waals surface area contributed by atoms with E-state index in [-0.39, 0.29) is 62.4 Å². The molecule has 0 spiro atoms. The Kier molecular flexibility index (Phi) is 13.1. The minimum absolute atomic E-state index is 0.00904. The van der Waals surface area contributed by atoms with E-state index >= 15 is 0 Å². The van der Waals surface area contributed by atoms with Gasteiger partial charge in [0.05, 0.1) is 25.0 Å². The third kappa shape index (κ3) is 10.7. The highest BCUT2D eigenvalue weighted by atomic mass is 16.6. The number of Topliss-reactive ketones (excluding diaryl/α,β-unsaturated/α-hetero) is 2. The number of nitrogens with one attached hydrogen (secondary N) is 1. The van der Waals surface area contributed by atoms with E-state index in [1.807, 2.05) is 0 Å². The summed E-state index contributed by atoms with van der Waals surface area (Å²) in [6, 6.07) is 0. The van der Waals surface area contributed by atoms with Gasteiger partial charge in [-0.05, 0) is 20.3 Å². The number of hydrogen-bond donors (Lipinski definition) is 1. The molecule has 1 aromatic heterocycles. The molecule has 2 heterocycles. The van der Waals surface area contributed by atoms with Gasteiger partial charge in [0.2, 0.25) is 0 Å². The number of aromatic nitrogens is 2. The Morgan fingerprint density at radius 1 is 1.00 bits per heavy atom. The fourth-order valence-corrected chi connectivity index (χ4v) is 3.83. The predicted molar refractivity (Wildman–Crippen MR) is 134 cm³/mol. The van der Waals surface area contributed by atoms with Crippen LogP contribution in [0.2, 0.25) is 0 Å². The summed E-state index contributed by atoms with van der Waals surface area (Å²) < 4.78 is 23.4. The molecule has 0 saturated carbocycles. The second kappa shape index (κ2) is 16.0. The maximum Gasteiger partial charge on any atom is 0.330 e. The smallest absolute Gasteiger partial charge is 0.330 e. The van der Waals surface area contributed by atoms with Crippen LogP contribution >= 0.6 is 0 Å². The van der Waals surface area contributed by atoms with Gasteiger partial charge in [-0.3, -0.25) is 23.9 Å². The van der Waals surface area contributed by atoms with E-state index in [4.69, 9.17) is 18.9 Å². The summed E-state index contributed by atoms with van der Waals surface area (Å²) in [5.74, 6) is -1.57. The Morgan fingerprint density at radius 2 is 1.68 bits per heavy atom. The Hall–Kier alpha value is -3.12. The van der Waals surface area contributed by atoms with Gasteiger partial charge in [0.15, 0.2) is 0 Å². The van der Waals surface area contributed by atoms with Crippen molar-refractivity contribution in [1.82, 2.24) is 9.55 Å². The molecule has 0 radical (unpaired) electrons. The van der Waals surface area contributed by atoms with Crippen LogP contribution in [-0.2, 0) is 44.7 Å². The SMILES string of the molecule is CCCCCCOCc1cn(C2CC(OC(=O)CCC(C)=O)C(COC(=O)CCC(C)=O)O2)c(=O)[nH]c1=O. The third-order valence-corrected chi connectivity index (χ3v) is 5.99. The fourth-order valence-electron chi connectivity index (χ4n) is 3.83. The molecule has 1 fully saturated rings. The summed E-state index contributed by atoms with van der Waals surface area (Å²) in [6.45, 7) is 5.05. The molecule has 212 valence electrons. The largest absolute Gasteiger partial charge is 0.463 e. The van der Waals surface area contributed by atoms with Crippen LogP contribution in [0.15, 0.2) is 15.8 Å². The molecular formula is C26H38N2O10. The molecule has 1 saturated heterocycles. The molecule has 0 aromatic carbocycles. The van der Waals surface area contributed by atoms with Crippen LogP contribution in [0.3, 0.4) is 0 Å². The Morgan fingerprint density at radius 3 is 2.34 bits per heavy atom. The molecule has 0 aliphatic carbocycles. The third-order valence-electron chi connectivity index (χ3n) is 5.99. The van der Waals surface area contributed by atoms with Gasteiger partial charge in [-0.15, -0.1) is 0 Å². The lowest BCUT2D eigenvalue weighted by Gasteiger charge is -2.19. The average molecular weight is 539 g/mol. The quantitative estimate of drug-likeness (QED) is 0.230. The van der Waals surface area contributed by atoms with E-state index in [2.05, 4.69) is 11.9 Å². The number of aromatic amines is 1. The van der Waals surface area contributed by atoms with Crippen LogP contribution in [0.4, 0.5) is 0 Å². The molecule has 1 aromatic rings. The van der Waals surface area contributed by atoms with Gasteiger partial charge in [-0.2, -0.15) is 0 Å². The maximum absolute atomic E-state index is 12.6. The Bertz CT molecular complexity index is 1080. The van der Waals surface area contributed by atoms with Crippen LogP contribution < -0.4 is 11.2 Å². The number of hydrogen-bond acceptors (Lipinski definition) is 10. The number of nitrogens with zero attached hydrogens (tertiary/aromatic N) is 1. The van der Waals surface area contributed by atoms with Crippen LogP contribution in [0.1, 0.15) is 90.3 Å².